The number of fused-ring (bicyclic) bond motifs is 1. The zero-order chi connectivity index (χ0) is 16.4. The lowest BCUT2D eigenvalue weighted by molar-refractivity contribution is 0.740. The largest absolute Gasteiger partial charge is 0.268 e. The molecule has 0 spiro atoms. The molecule has 0 fully saturated rings. The van der Waals surface area contributed by atoms with Gasteiger partial charge in [-0.3, -0.25) is 4.79 Å². The van der Waals surface area contributed by atoms with E-state index in [2.05, 4.69) is 18.8 Å². The Balaban J connectivity index is 2.25. The molecule has 118 valence electrons. The SMILES string of the molecule is Cc1ccnc(-n2c(SCC(C)C)nc3ccccc3c2=O)c1. The van der Waals surface area contributed by atoms with Gasteiger partial charge in [0.15, 0.2) is 5.16 Å². The van der Waals surface area contributed by atoms with Gasteiger partial charge in [-0.15, -0.1) is 0 Å². The maximum absolute atomic E-state index is 13.0. The third-order valence-electron chi connectivity index (χ3n) is 3.42. The van der Waals surface area contributed by atoms with Crippen molar-refractivity contribution in [2.75, 3.05) is 5.75 Å². The third-order valence-corrected chi connectivity index (χ3v) is 4.79. The van der Waals surface area contributed by atoms with Crippen LogP contribution in [0.25, 0.3) is 16.7 Å². The van der Waals surface area contributed by atoms with Crippen LogP contribution in [0.3, 0.4) is 0 Å². The molecule has 4 nitrogen and oxygen atoms in total. The summed E-state index contributed by atoms with van der Waals surface area (Å²) >= 11 is 1.60. The van der Waals surface area contributed by atoms with E-state index in [0.29, 0.717) is 22.3 Å². The summed E-state index contributed by atoms with van der Waals surface area (Å²) in [5, 5.41) is 1.31. The molecule has 0 aliphatic carbocycles. The molecule has 23 heavy (non-hydrogen) atoms. The van der Waals surface area contributed by atoms with Crippen molar-refractivity contribution in [3.63, 3.8) is 0 Å². The second kappa shape index (κ2) is 6.54. The van der Waals surface area contributed by atoms with E-state index in [-0.39, 0.29) is 5.56 Å². The standard InChI is InChI=1S/C18H19N3OS/c1-12(2)11-23-18-20-15-7-5-4-6-14(15)17(22)21(18)16-10-13(3)8-9-19-16/h4-10,12H,11H2,1-3H3. The second-order valence-corrected chi connectivity index (χ2v) is 6.94. The van der Waals surface area contributed by atoms with Gasteiger partial charge in [0.2, 0.25) is 0 Å². The minimum atomic E-state index is -0.0695. The Morgan fingerprint density at radius 1 is 1.22 bits per heavy atom. The lowest BCUT2D eigenvalue weighted by Gasteiger charge is -2.13. The zero-order valence-electron chi connectivity index (χ0n) is 13.5. The molecule has 3 rings (SSSR count). The van der Waals surface area contributed by atoms with E-state index in [4.69, 9.17) is 4.98 Å². The predicted molar refractivity (Wildman–Crippen MR) is 95.4 cm³/mol. The molecular weight excluding hydrogens is 306 g/mol. The first-order valence-electron chi connectivity index (χ1n) is 7.64. The quantitative estimate of drug-likeness (QED) is 0.540. The molecule has 0 N–H and O–H groups in total. The summed E-state index contributed by atoms with van der Waals surface area (Å²) < 4.78 is 1.63. The lowest BCUT2D eigenvalue weighted by Crippen LogP contribution is -2.23. The van der Waals surface area contributed by atoms with Gasteiger partial charge >= 0.3 is 0 Å². The minimum Gasteiger partial charge on any atom is -0.268 e. The molecule has 2 heterocycles. The first-order chi connectivity index (χ1) is 11.1. The van der Waals surface area contributed by atoms with E-state index in [9.17, 15) is 4.79 Å². The van der Waals surface area contributed by atoms with Crippen LogP contribution in [0.1, 0.15) is 19.4 Å². The van der Waals surface area contributed by atoms with Crippen molar-refractivity contribution >= 4 is 22.7 Å². The summed E-state index contributed by atoms with van der Waals surface area (Å²) in [5.74, 6) is 2.04. The van der Waals surface area contributed by atoms with Crippen molar-refractivity contribution in [2.45, 2.75) is 25.9 Å². The van der Waals surface area contributed by atoms with Crippen LogP contribution in [-0.2, 0) is 0 Å². The molecule has 0 amide bonds. The van der Waals surface area contributed by atoms with Crippen LogP contribution in [0.15, 0.2) is 52.5 Å². The van der Waals surface area contributed by atoms with Gasteiger partial charge in [0.1, 0.15) is 5.82 Å². The summed E-state index contributed by atoms with van der Waals surface area (Å²) in [5.41, 5.74) is 1.72. The molecule has 0 unspecified atom stereocenters. The molecule has 1 aromatic carbocycles. The summed E-state index contributed by atoms with van der Waals surface area (Å²) in [6.07, 6.45) is 1.73. The summed E-state index contributed by atoms with van der Waals surface area (Å²) in [4.78, 5) is 22.1. The number of para-hydroxylation sites is 1. The average Bonchev–Trinajstić information content (AvgIpc) is 2.53. The monoisotopic (exact) mass is 325 g/mol. The fourth-order valence-corrected chi connectivity index (χ4v) is 3.25. The van der Waals surface area contributed by atoms with Gasteiger partial charge in [0, 0.05) is 11.9 Å². The third kappa shape index (κ3) is 3.29. The Labute approximate surface area is 139 Å². The van der Waals surface area contributed by atoms with Crippen LogP contribution in [0.4, 0.5) is 0 Å². The molecule has 0 atom stereocenters. The van der Waals surface area contributed by atoms with Crippen LogP contribution in [0.2, 0.25) is 0 Å². The number of aromatic nitrogens is 3. The molecule has 0 bridgehead atoms. The zero-order valence-corrected chi connectivity index (χ0v) is 14.3. The van der Waals surface area contributed by atoms with Crippen molar-refractivity contribution in [1.82, 2.24) is 14.5 Å². The molecule has 0 saturated carbocycles. The summed E-state index contributed by atoms with van der Waals surface area (Å²) in [7, 11) is 0. The van der Waals surface area contributed by atoms with Crippen LogP contribution in [-0.4, -0.2) is 20.3 Å². The second-order valence-electron chi connectivity index (χ2n) is 5.95. The number of nitrogens with zero attached hydrogens (tertiary/aromatic N) is 3. The van der Waals surface area contributed by atoms with E-state index < -0.39 is 0 Å². The molecule has 0 saturated heterocycles. The fraction of sp³-hybridized carbons (Fsp3) is 0.278. The highest BCUT2D eigenvalue weighted by molar-refractivity contribution is 7.99. The Kier molecular flexibility index (Phi) is 4.48. The number of hydrogen-bond donors (Lipinski definition) is 0. The molecule has 5 heteroatoms. The van der Waals surface area contributed by atoms with E-state index in [0.717, 1.165) is 16.8 Å². The van der Waals surface area contributed by atoms with Crippen molar-refractivity contribution < 1.29 is 0 Å². The predicted octanol–water partition coefficient (Wildman–Crippen LogP) is 3.84. The van der Waals surface area contributed by atoms with Crippen LogP contribution in [0.5, 0.6) is 0 Å². The molecule has 0 radical (unpaired) electrons. The van der Waals surface area contributed by atoms with Crippen molar-refractivity contribution in [2.24, 2.45) is 5.92 Å². The minimum absolute atomic E-state index is 0.0695. The van der Waals surface area contributed by atoms with Crippen LogP contribution >= 0.6 is 11.8 Å². The number of aryl methyl sites for hydroxylation is 1. The fourth-order valence-electron chi connectivity index (χ4n) is 2.29. The van der Waals surface area contributed by atoms with Gasteiger partial charge in [-0.05, 0) is 42.7 Å². The normalized spacial score (nSPS) is 11.3. The summed E-state index contributed by atoms with van der Waals surface area (Å²) in [6.45, 7) is 6.30. The topological polar surface area (TPSA) is 47.8 Å². The Bertz CT molecular complexity index is 902. The first kappa shape index (κ1) is 15.7. The molecule has 0 aliphatic rings. The lowest BCUT2D eigenvalue weighted by atomic mass is 10.2. The van der Waals surface area contributed by atoms with E-state index in [1.165, 1.54) is 0 Å². The van der Waals surface area contributed by atoms with Gasteiger partial charge in [-0.1, -0.05) is 37.7 Å². The Morgan fingerprint density at radius 2 is 2.00 bits per heavy atom. The Morgan fingerprint density at radius 3 is 2.74 bits per heavy atom. The van der Waals surface area contributed by atoms with Crippen LogP contribution in [0, 0.1) is 12.8 Å². The smallest absolute Gasteiger partial charge is 0.267 e. The Hall–Kier alpha value is -2.14. The van der Waals surface area contributed by atoms with Gasteiger partial charge in [-0.2, -0.15) is 0 Å². The maximum Gasteiger partial charge on any atom is 0.267 e. The summed E-state index contributed by atoms with van der Waals surface area (Å²) in [6, 6.07) is 11.3. The van der Waals surface area contributed by atoms with Crippen LogP contribution < -0.4 is 5.56 Å². The number of benzene rings is 1. The average molecular weight is 325 g/mol. The number of pyridine rings is 1. The number of hydrogen-bond acceptors (Lipinski definition) is 4. The number of rotatable bonds is 4. The van der Waals surface area contributed by atoms with Gasteiger partial charge < -0.3 is 0 Å². The van der Waals surface area contributed by atoms with Gasteiger partial charge in [-0.25, -0.2) is 14.5 Å². The molecular formula is C18H19N3OS. The van der Waals surface area contributed by atoms with E-state index in [1.54, 1.807) is 22.5 Å². The van der Waals surface area contributed by atoms with E-state index in [1.807, 2.05) is 43.3 Å². The molecule has 3 aromatic rings. The highest BCUT2D eigenvalue weighted by Gasteiger charge is 2.14. The van der Waals surface area contributed by atoms with Crippen molar-refractivity contribution in [3.05, 3.63) is 58.5 Å². The van der Waals surface area contributed by atoms with Gasteiger partial charge in [0.25, 0.3) is 5.56 Å². The van der Waals surface area contributed by atoms with E-state index >= 15 is 0 Å². The highest BCUT2D eigenvalue weighted by atomic mass is 32.2. The molecule has 2 aromatic heterocycles. The maximum atomic E-state index is 13.0. The first-order valence-corrected chi connectivity index (χ1v) is 8.62. The highest BCUT2D eigenvalue weighted by Crippen LogP contribution is 2.22. The van der Waals surface area contributed by atoms with Gasteiger partial charge in [0.05, 0.1) is 10.9 Å². The molecule has 0 aliphatic heterocycles. The number of thioether (sulfide) groups is 1. The van der Waals surface area contributed by atoms with Crippen molar-refractivity contribution in [1.29, 1.82) is 0 Å². The van der Waals surface area contributed by atoms with Crippen molar-refractivity contribution in [3.8, 4) is 5.82 Å².